The molecule has 0 spiro atoms. The third kappa shape index (κ3) is 11400. The van der Waals surface area contributed by atoms with Crippen LogP contribution in [0.3, 0.4) is 0 Å². The van der Waals surface area contributed by atoms with Gasteiger partial charge < -0.3 is 16.4 Å². The summed E-state index contributed by atoms with van der Waals surface area (Å²) in [7, 11) is 0. The van der Waals surface area contributed by atoms with Crippen molar-refractivity contribution in [3.63, 3.8) is 0 Å². The molecule has 9 N–H and O–H groups in total. The molecule has 0 fully saturated rings. The van der Waals surface area contributed by atoms with Gasteiger partial charge in [-0.3, -0.25) is 0 Å². The second-order valence-electron chi connectivity index (χ2n) is 0.513. The van der Waals surface area contributed by atoms with Crippen LogP contribution in [0.4, 0.5) is 0 Å². The molecular formula is H9AsO7. The topological polar surface area (TPSA) is 172 Å². The van der Waals surface area contributed by atoms with E-state index < -0.39 is 14.5 Å². The number of rotatable bonds is 0. The van der Waals surface area contributed by atoms with Crippen LogP contribution >= 0.6 is 0 Å². The minimum absolute atomic E-state index is 0. The van der Waals surface area contributed by atoms with Crippen molar-refractivity contribution < 1.29 is 32.5 Å². The second kappa shape index (κ2) is 7.12. The van der Waals surface area contributed by atoms with E-state index in [1.807, 2.05) is 0 Å². The monoisotopic (exact) mass is 196 g/mol. The van der Waals surface area contributed by atoms with Gasteiger partial charge in [0.05, 0.1) is 0 Å². The Morgan fingerprint density at radius 3 is 0.875 bits per heavy atom. The van der Waals surface area contributed by atoms with Crippen molar-refractivity contribution >= 4 is 14.5 Å². The maximum atomic E-state index is 8.94. The van der Waals surface area contributed by atoms with Crippen LogP contribution in [-0.4, -0.2) is 43.2 Å². The molecule has 0 saturated carbocycles. The average Bonchev–Trinajstić information content (AvgIpc) is 0.722. The summed E-state index contributed by atoms with van der Waals surface area (Å²) in [6.45, 7) is 0. The number of hydrogen-bond acceptors (Lipinski definition) is 1. The normalized spacial score (nSPS) is 7.38. The van der Waals surface area contributed by atoms with Crippen LogP contribution in [-0.2, 0) is 3.74 Å². The van der Waals surface area contributed by atoms with Crippen molar-refractivity contribution in [2.45, 2.75) is 0 Å². The molecule has 0 aromatic rings. The SMILES string of the molecule is O.O.O.O=[As](O)(O)O. The van der Waals surface area contributed by atoms with E-state index in [1.54, 1.807) is 0 Å². The van der Waals surface area contributed by atoms with Gasteiger partial charge in [-0.15, -0.1) is 0 Å². The zero-order valence-electron chi connectivity index (χ0n) is 3.70. The van der Waals surface area contributed by atoms with Crippen molar-refractivity contribution in [1.29, 1.82) is 0 Å². The molecule has 0 aliphatic heterocycles. The van der Waals surface area contributed by atoms with E-state index in [4.69, 9.17) is 16.0 Å². The molecule has 0 heterocycles. The fraction of sp³-hybridized carbons (Fsp3) is 0. The molecule has 0 aromatic heterocycles. The molecule has 8 heteroatoms. The van der Waals surface area contributed by atoms with Gasteiger partial charge in [0.2, 0.25) is 0 Å². The fourth-order valence-corrected chi connectivity index (χ4v) is 0. The third-order valence-corrected chi connectivity index (χ3v) is 0. The summed E-state index contributed by atoms with van der Waals surface area (Å²) in [5, 5.41) is 0. The molecule has 0 radical (unpaired) electrons. The first kappa shape index (κ1) is 24.3. The van der Waals surface area contributed by atoms with E-state index in [2.05, 4.69) is 0 Å². The molecule has 0 unspecified atom stereocenters. The van der Waals surface area contributed by atoms with Gasteiger partial charge in [-0.05, 0) is 0 Å². The van der Waals surface area contributed by atoms with Gasteiger partial charge in [0, 0.05) is 0 Å². The van der Waals surface area contributed by atoms with Gasteiger partial charge >= 0.3 is 30.5 Å². The molecule has 0 aliphatic carbocycles. The van der Waals surface area contributed by atoms with Crippen molar-refractivity contribution in [2.75, 3.05) is 0 Å². The standard InChI is InChI=1S/AsH3O4.3H2O/c2-1(3,4)5;;;/h(H3,2,3,4,5);3*1H2. The van der Waals surface area contributed by atoms with Crippen LogP contribution in [0.5, 0.6) is 0 Å². The van der Waals surface area contributed by atoms with Gasteiger partial charge in [-0.25, -0.2) is 0 Å². The predicted octanol–water partition coefficient (Wildman–Crippen LogP) is -4.64. The minimum atomic E-state index is -5.12. The van der Waals surface area contributed by atoms with Crippen LogP contribution in [0.15, 0.2) is 0 Å². The summed E-state index contributed by atoms with van der Waals surface area (Å²) in [4.78, 5) is 0. The van der Waals surface area contributed by atoms with Crippen molar-refractivity contribution in [2.24, 2.45) is 0 Å². The molecule has 0 amide bonds. The van der Waals surface area contributed by atoms with Gasteiger partial charge in [0.15, 0.2) is 0 Å². The van der Waals surface area contributed by atoms with Crippen LogP contribution in [0, 0.1) is 0 Å². The molecule has 8 heavy (non-hydrogen) atoms. The molecule has 0 atom stereocenters. The van der Waals surface area contributed by atoms with Crippen molar-refractivity contribution in [3.05, 3.63) is 0 Å². The Labute approximate surface area is 47.9 Å². The third-order valence-electron chi connectivity index (χ3n) is 0. The summed E-state index contributed by atoms with van der Waals surface area (Å²) >= 11 is -5.12. The van der Waals surface area contributed by atoms with Gasteiger partial charge in [0.1, 0.15) is 0 Å². The first-order valence-electron chi connectivity index (χ1n) is 0.783. The summed E-state index contributed by atoms with van der Waals surface area (Å²) < 4.78 is 30.7. The first-order valence-corrected chi connectivity index (χ1v) is 4.07. The predicted molar refractivity (Wildman–Crippen MR) is 23.9 cm³/mol. The van der Waals surface area contributed by atoms with E-state index in [0.29, 0.717) is 0 Å². The first-order chi connectivity index (χ1) is 2.00. The average molecular weight is 196 g/mol. The molecule has 0 saturated heterocycles. The molecule has 7 nitrogen and oxygen atoms in total. The van der Waals surface area contributed by atoms with E-state index in [9.17, 15) is 0 Å². The summed E-state index contributed by atoms with van der Waals surface area (Å²) in [5.41, 5.74) is 0. The van der Waals surface area contributed by atoms with E-state index in [0.717, 1.165) is 0 Å². The quantitative estimate of drug-likeness (QED) is 0.330. The molecule has 0 aliphatic rings. The van der Waals surface area contributed by atoms with Gasteiger partial charge in [-0.2, -0.15) is 0 Å². The van der Waals surface area contributed by atoms with Crippen LogP contribution < -0.4 is 0 Å². The Bertz CT molecular complexity index is 50.5. The summed E-state index contributed by atoms with van der Waals surface area (Å²) in [6, 6.07) is 0. The molecule has 56 valence electrons. The van der Waals surface area contributed by atoms with Crippen molar-refractivity contribution in [3.8, 4) is 0 Å². The zero-order valence-corrected chi connectivity index (χ0v) is 5.57. The number of hydrogen-bond donors (Lipinski definition) is 3. The Balaban J connectivity index is -0.0000000267. The molecule has 0 bridgehead atoms. The van der Waals surface area contributed by atoms with Crippen LogP contribution in [0.1, 0.15) is 0 Å². The van der Waals surface area contributed by atoms with E-state index in [-0.39, 0.29) is 16.4 Å². The maximum absolute atomic E-state index is 8.94. The Morgan fingerprint density at radius 2 is 0.875 bits per heavy atom. The van der Waals surface area contributed by atoms with Gasteiger partial charge in [-0.1, -0.05) is 0 Å². The van der Waals surface area contributed by atoms with E-state index in [1.165, 1.54) is 0 Å². The van der Waals surface area contributed by atoms with Gasteiger partial charge in [0.25, 0.3) is 0 Å². The molecular weight excluding hydrogens is 187 g/mol. The van der Waals surface area contributed by atoms with Crippen molar-refractivity contribution in [1.82, 2.24) is 0 Å². The zero-order chi connectivity index (χ0) is 4.50. The fourth-order valence-electron chi connectivity index (χ4n) is 0. The van der Waals surface area contributed by atoms with Crippen LogP contribution in [0.2, 0.25) is 0 Å². The Hall–Kier alpha value is 0.118. The summed E-state index contributed by atoms with van der Waals surface area (Å²) in [6.07, 6.45) is 0. The van der Waals surface area contributed by atoms with Crippen LogP contribution in [0.25, 0.3) is 0 Å². The van der Waals surface area contributed by atoms with E-state index >= 15 is 0 Å². The summed E-state index contributed by atoms with van der Waals surface area (Å²) in [5.74, 6) is 0. The molecule has 0 rings (SSSR count). The Morgan fingerprint density at radius 1 is 0.875 bits per heavy atom. The molecule has 0 aromatic carbocycles. The Kier molecular flexibility index (Phi) is 21.6. The second-order valence-corrected chi connectivity index (χ2v) is 2.67.